The Morgan fingerprint density at radius 1 is 1.24 bits per heavy atom. The van der Waals surface area contributed by atoms with Gasteiger partial charge in [-0.3, -0.25) is 4.99 Å². The van der Waals surface area contributed by atoms with Crippen molar-refractivity contribution in [2.24, 2.45) is 4.99 Å². The summed E-state index contributed by atoms with van der Waals surface area (Å²) < 4.78 is 32.9. The molecule has 0 saturated carbocycles. The van der Waals surface area contributed by atoms with Gasteiger partial charge in [0.05, 0.1) is 6.10 Å². The van der Waals surface area contributed by atoms with Crippen LogP contribution in [0.3, 0.4) is 0 Å². The van der Waals surface area contributed by atoms with Crippen molar-refractivity contribution in [2.75, 3.05) is 45.9 Å². The van der Waals surface area contributed by atoms with Crippen molar-refractivity contribution in [2.45, 2.75) is 57.3 Å². The molecule has 1 aliphatic rings. The number of aliphatic imine (C=N–C) groups is 1. The fourth-order valence-corrected chi connectivity index (χ4v) is 6.45. The second-order valence-electron chi connectivity index (χ2n) is 6.94. The number of rotatable bonds is 10. The van der Waals surface area contributed by atoms with E-state index in [2.05, 4.69) is 17.1 Å². The highest BCUT2D eigenvalue weighted by Gasteiger charge is 2.24. The van der Waals surface area contributed by atoms with Crippen molar-refractivity contribution in [3.05, 3.63) is 17.0 Å². The van der Waals surface area contributed by atoms with Crippen LogP contribution in [-0.2, 0) is 21.2 Å². The molecule has 2 rings (SSSR count). The largest absolute Gasteiger partial charge is 0.378 e. The number of guanidine groups is 1. The summed E-state index contributed by atoms with van der Waals surface area (Å²) >= 11 is 1.36. The van der Waals surface area contributed by atoms with Crippen molar-refractivity contribution in [1.82, 2.24) is 14.5 Å². The van der Waals surface area contributed by atoms with Gasteiger partial charge in [-0.2, -0.15) is 4.31 Å². The zero-order chi connectivity index (χ0) is 21.3. The van der Waals surface area contributed by atoms with Crippen LogP contribution in [0.5, 0.6) is 0 Å². The summed E-state index contributed by atoms with van der Waals surface area (Å²) in [6, 6.07) is 3.64. The Bertz CT molecular complexity index is 737. The highest BCUT2D eigenvalue weighted by atomic mass is 32.2. The molecular formula is C20H36N4O3S2. The number of sulfonamides is 1. The maximum atomic E-state index is 12.6. The first-order valence-corrected chi connectivity index (χ1v) is 13.0. The van der Waals surface area contributed by atoms with E-state index < -0.39 is 10.0 Å². The lowest BCUT2D eigenvalue weighted by Crippen LogP contribution is -2.47. The molecule has 166 valence electrons. The van der Waals surface area contributed by atoms with E-state index in [4.69, 9.17) is 9.73 Å². The molecule has 0 radical (unpaired) electrons. The Morgan fingerprint density at radius 2 is 1.93 bits per heavy atom. The fraction of sp³-hybridized carbons (Fsp3) is 0.750. The van der Waals surface area contributed by atoms with Gasteiger partial charge in [0.2, 0.25) is 0 Å². The molecule has 1 N–H and O–H groups in total. The number of thiophene rings is 1. The van der Waals surface area contributed by atoms with Crippen molar-refractivity contribution in [3.63, 3.8) is 0 Å². The lowest BCUT2D eigenvalue weighted by atomic mass is 10.1. The maximum absolute atomic E-state index is 12.6. The summed E-state index contributed by atoms with van der Waals surface area (Å²) in [5.41, 5.74) is 0. The average Bonchev–Trinajstić information content (AvgIpc) is 3.19. The van der Waals surface area contributed by atoms with Gasteiger partial charge in [-0.05, 0) is 38.8 Å². The maximum Gasteiger partial charge on any atom is 0.252 e. The number of nitrogens with zero attached hydrogens (tertiary/aromatic N) is 3. The topological polar surface area (TPSA) is 74.2 Å². The van der Waals surface area contributed by atoms with Gasteiger partial charge in [0, 0.05) is 57.2 Å². The van der Waals surface area contributed by atoms with Crippen LogP contribution < -0.4 is 5.32 Å². The van der Waals surface area contributed by atoms with E-state index in [9.17, 15) is 8.42 Å². The molecule has 0 bridgehead atoms. The van der Waals surface area contributed by atoms with Gasteiger partial charge in [-0.15, -0.1) is 11.3 Å². The van der Waals surface area contributed by atoms with Gasteiger partial charge in [0.25, 0.3) is 10.0 Å². The minimum atomic E-state index is -3.37. The first kappa shape index (κ1) is 24.1. The fourth-order valence-electron chi connectivity index (χ4n) is 3.49. The van der Waals surface area contributed by atoms with Crippen molar-refractivity contribution >= 4 is 27.3 Å². The molecule has 1 fully saturated rings. The minimum absolute atomic E-state index is 0.358. The first-order chi connectivity index (χ1) is 14.0. The SMILES string of the molecule is CCNC(=NCCc1ccc(S(=O)(=O)N(CC)CC)s1)N1CCC(OCC)CC1. The molecular weight excluding hydrogens is 408 g/mol. The quantitative estimate of drug-likeness (QED) is 0.444. The Labute approximate surface area is 180 Å². The molecule has 1 aliphatic heterocycles. The molecule has 1 aromatic heterocycles. The van der Waals surface area contributed by atoms with Gasteiger partial charge in [-0.1, -0.05) is 13.8 Å². The third-order valence-electron chi connectivity index (χ3n) is 5.04. The standard InChI is InChI=1S/C20H36N4O3S2/c1-5-21-20(23-15-12-17(13-16-23)27-8-4)22-14-11-18-9-10-19(28-18)29(25,26)24(6-2)7-3/h9-10,17H,5-8,11-16H2,1-4H3,(H,21,22). The van der Waals surface area contributed by atoms with Gasteiger partial charge >= 0.3 is 0 Å². The van der Waals surface area contributed by atoms with Crippen molar-refractivity contribution < 1.29 is 13.2 Å². The normalized spacial score (nSPS) is 16.6. The van der Waals surface area contributed by atoms with Crippen molar-refractivity contribution in [1.29, 1.82) is 0 Å². The molecule has 0 spiro atoms. The molecule has 0 aliphatic carbocycles. The van der Waals surface area contributed by atoms with Gasteiger partial charge < -0.3 is 15.0 Å². The summed E-state index contributed by atoms with van der Waals surface area (Å²) in [6.07, 6.45) is 3.14. The third kappa shape index (κ3) is 6.67. The number of ether oxygens (including phenoxy) is 1. The Kier molecular flexibility index (Phi) is 9.88. The molecule has 9 heteroatoms. The van der Waals surface area contributed by atoms with E-state index in [1.54, 1.807) is 6.07 Å². The number of hydrogen-bond donors (Lipinski definition) is 1. The molecule has 1 aromatic rings. The monoisotopic (exact) mass is 444 g/mol. The van der Waals surface area contributed by atoms with Crippen LogP contribution >= 0.6 is 11.3 Å². The zero-order valence-electron chi connectivity index (χ0n) is 18.2. The average molecular weight is 445 g/mol. The second-order valence-corrected chi connectivity index (χ2v) is 10.3. The lowest BCUT2D eigenvalue weighted by Gasteiger charge is -2.34. The zero-order valence-corrected chi connectivity index (χ0v) is 19.8. The smallest absolute Gasteiger partial charge is 0.252 e. The Balaban J connectivity index is 1.96. The molecule has 0 amide bonds. The Hall–Kier alpha value is -1.16. The number of hydrogen-bond acceptors (Lipinski definition) is 5. The van der Waals surface area contributed by atoms with Crippen molar-refractivity contribution in [3.8, 4) is 0 Å². The molecule has 29 heavy (non-hydrogen) atoms. The van der Waals surface area contributed by atoms with Crippen LogP contribution in [0.25, 0.3) is 0 Å². The van der Waals surface area contributed by atoms with E-state index in [0.717, 1.165) is 56.3 Å². The van der Waals surface area contributed by atoms with E-state index in [1.165, 1.54) is 15.6 Å². The van der Waals surface area contributed by atoms with Crippen LogP contribution in [0.4, 0.5) is 0 Å². The van der Waals surface area contributed by atoms with Gasteiger partial charge in [0.15, 0.2) is 5.96 Å². The van der Waals surface area contributed by atoms with Gasteiger partial charge in [0.1, 0.15) is 4.21 Å². The van der Waals surface area contributed by atoms with E-state index in [1.807, 2.05) is 26.8 Å². The highest BCUT2D eigenvalue weighted by molar-refractivity contribution is 7.91. The summed E-state index contributed by atoms with van der Waals surface area (Å²) in [6.45, 7) is 13.0. The first-order valence-electron chi connectivity index (χ1n) is 10.7. The lowest BCUT2D eigenvalue weighted by molar-refractivity contribution is 0.0264. The summed E-state index contributed by atoms with van der Waals surface area (Å²) in [5.74, 6) is 0.940. The molecule has 0 aromatic carbocycles. The molecule has 1 saturated heterocycles. The number of nitrogens with one attached hydrogen (secondary N) is 1. The highest BCUT2D eigenvalue weighted by Crippen LogP contribution is 2.25. The predicted octanol–water partition coefficient (Wildman–Crippen LogP) is 2.79. The van der Waals surface area contributed by atoms with E-state index >= 15 is 0 Å². The second kappa shape index (κ2) is 11.9. The van der Waals surface area contributed by atoms with Crippen LogP contribution in [0.2, 0.25) is 0 Å². The summed E-state index contributed by atoms with van der Waals surface area (Å²) in [7, 11) is -3.37. The molecule has 2 heterocycles. The van der Waals surface area contributed by atoms with Crippen LogP contribution in [-0.4, -0.2) is 75.6 Å². The summed E-state index contributed by atoms with van der Waals surface area (Å²) in [5, 5.41) is 3.38. The Morgan fingerprint density at radius 3 is 2.52 bits per heavy atom. The van der Waals surface area contributed by atoms with Crippen LogP contribution in [0.15, 0.2) is 21.3 Å². The summed E-state index contributed by atoms with van der Waals surface area (Å²) in [4.78, 5) is 8.12. The molecule has 7 nitrogen and oxygen atoms in total. The van der Waals surface area contributed by atoms with Crippen LogP contribution in [0.1, 0.15) is 45.4 Å². The minimum Gasteiger partial charge on any atom is -0.378 e. The third-order valence-corrected chi connectivity index (χ3v) is 8.70. The van der Waals surface area contributed by atoms with Crippen LogP contribution in [0, 0.1) is 0 Å². The number of piperidine rings is 1. The van der Waals surface area contributed by atoms with E-state index in [-0.39, 0.29) is 0 Å². The molecule has 0 atom stereocenters. The number of likely N-dealkylation sites (tertiary alicyclic amines) is 1. The molecule has 0 unspecified atom stereocenters. The van der Waals surface area contributed by atoms with Gasteiger partial charge in [-0.25, -0.2) is 8.42 Å². The van der Waals surface area contributed by atoms with E-state index in [0.29, 0.717) is 29.9 Å². The predicted molar refractivity (Wildman–Crippen MR) is 120 cm³/mol.